The molecular formula is C13H17FN2O3. The van der Waals surface area contributed by atoms with Gasteiger partial charge in [0.25, 0.3) is 0 Å². The lowest BCUT2D eigenvalue weighted by Gasteiger charge is -2.22. The second-order valence-electron chi connectivity index (χ2n) is 4.06. The summed E-state index contributed by atoms with van der Waals surface area (Å²) in [5, 5.41) is 11.3. The summed E-state index contributed by atoms with van der Waals surface area (Å²) in [6.07, 6.45) is 0. The van der Waals surface area contributed by atoms with E-state index in [1.807, 2.05) is 0 Å². The number of hydrogen-bond donors (Lipinski definition) is 2. The molecule has 0 spiro atoms. The monoisotopic (exact) mass is 268 g/mol. The van der Waals surface area contributed by atoms with Crippen LogP contribution in [-0.4, -0.2) is 36.1 Å². The van der Waals surface area contributed by atoms with E-state index in [4.69, 9.17) is 5.11 Å². The molecule has 0 aliphatic carbocycles. The second kappa shape index (κ2) is 6.84. The molecule has 1 amide bonds. The van der Waals surface area contributed by atoms with E-state index >= 15 is 0 Å². The predicted octanol–water partition coefficient (Wildman–Crippen LogP) is 1.24. The molecule has 1 rings (SSSR count). The van der Waals surface area contributed by atoms with Crippen molar-refractivity contribution >= 4 is 17.6 Å². The predicted molar refractivity (Wildman–Crippen MR) is 69.5 cm³/mol. The smallest absolute Gasteiger partial charge is 0.320 e. The molecule has 6 heteroatoms. The first-order valence-corrected chi connectivity index (χ1v) is 5.97. The van der Waals surface area contributed by atoms with Crippen LogP contribution in [0.25, 0.3) is 0 Å². The minimum Gasteiger partial charge on any atom is -0.480 e. The van der Waals surface area contributed by atoms with Crippen molar-refractivity contribution in [3.63, 3.8) is 0 Å². The number of nitrogens with zero attached hydrogens (tertiary/aromatic N) is 1. The third kappa shape index (κ3) is 4.33. The number of anilines is 1. The molecule has 0 radical (unpaired) electrons. The van der Waals surface area contributed by atoms with Crippen molar-refractivity contribution in [2.75, 3.05) is 18.0 Å². The first-order valence-electron chi connectivity index (χ1n) is 5.97. The Hall–Kier alpha value is -1.95. The number of carbonyl (C=O) groups is 2. The molecule has 104 valence electrons. The topological polar surface area (TPSA) is 69.6 Å². The van der Waals surface area contributed by atoms with Gasteiger partial charge in [-0.3, -0.25) is 14.9 Å². The maximum absolute atomic E-state index is 12.8. The molecule has 19 heavy (non-hydrogen) atoms. The molecule has 1 unspecified atom stereocenters. The molecule has 1 aromatic carbocycles. The highest BCUT2D eigenvalue weighted by Gasteiger charge is 2.16. The van der Waals surface area contributed by atoms with Gasteiger partial charge < -0.3 is 10.0 Å². The third-order valence-electron chi connectivity index (χ3n) is 2.69. The second-order valence-corrected chi connectivity index (χ2v) is 4.06. The molecule has 0 saturated heterocycles. The van der Waals surface area contributed by atoms with Gasteiger partial charge in [-0.05, 0) is 38.1 Å². The number of halogens is 1. The van der Waals surface area contributed by atoms with Crippen molar-refractivity contribution in [2.45, 2.75) is 19.9 Å². The number of aliphatic carboxylic acids is 1. The summed E-state index contributed by atoms with van der Waals surface area (Å²) in [6, 6.07) is 4.78. The number of benzene rings is 1. The zero-order chi connectivity index (χ0) is 14.4. The van der Waals surface area contributed by atoms with Crippen LogP contribution >= 0.6 is 0 Å². The molecule has 0 heterocycles. The van der Waals surface area contributed by atoms with Gasteiger partial charge >= 0.3 is 5.97 Å². The fraction of sp³-hybridized carbons (Fsp3) is 0.385. The van der Waals surface area contributed by atoms with E-state index in [0.29, 0.717) is 12.2 Å². The van der Waals surface area contributed by atoms with Crippen LogP contribution in [0.5, 0.6) is 0 Å². The van der Waals surface area contributed by atoms with Gasteiger partial charge in [0.15, 0.2) is 0 Å². The molecule has 0 aliphatic rings. The molecule has 2 N–H and O–H groups in total. The van der Waals surface area contributed by atoms with Gasteiger partial charge in [0.1, 0.15) is 11.9 Å². The fourth-order valence-corrected chi connectivity index (χ4v) is 1.55. The standard InChI is InChI=1S/C13H17FN2O3/c1-3-16(11-6-4-10(14)5-7-11)12(17)8-15-9(2)13(18)19/h4-7,9,15H,3,8H2,1-2H3,(H,18,19). The van der Waals surface area contributed by atoms with Crippen molar-refractivity contribution in [1.82, 2.24) is 5.32 Å². The number of amides is 1. The molecular weight excluding hydrogens is 251 g/mol. The summed E-state index contributed by atoms with van der Waals surface area (Å²) in [6.45, 7) is 3.60. The van der Waals surface area contributed by atoms with E-state index in [-0.39, 0.29) is 18.3 Å². The van der Waals surface area contributed by atoms with E-state index in [9.17, 15) is 14.0 Å². The summed E-state index contributed by atoms with van der Waals surface area (Å²) in [4.78, 5) is 24.1. The van der Waals surface area contributed by atoms with Gasteiger partial charge in [-0.15, -0.1) is 0 Å². The number of hydrogen-bond acceptors (Lipinski definition) is 3. The number of rotatable bonds is 6. The van der Waals surface area contributed by atoms with Gasteiger partial charge in [0.05, 0.1) is 6.54 Å². The van der Waals surface area contributed by atoms with Crippen molar-refractivity contribution < 1.29 is 19.1 Å². The molecule has 0 aromatic heterocycles. The average molecular weight is 268 g/mol. The Balaban J connectivity index is 2.67. The lowest BCUT2D eigenvalue weighted by molar-refractivity contribution is -0.139. The maximum atomic E-state index is 12.8. The largest absolute Gasteiger partial charge is 0.480 e. The zero-order valence-corrected chi connectivity index (χ0v) is 10.9. The number of carboxylic acid groups (broad SMARTS) is 1. The summed E-state index contributed by atoms with van der Waals surface area (Å²) in [5.74, 6) is -1.65. The highest BCUT2D eigenvalue weighted by molar-refractivity contribution is 5.95. The van der Waals surface area contributed by atoms with E-state index in [2.05, 4.69) is 5.32 Å². The summed E-state index contributed by atoms with van der Waals surface area (Å²) >= 11 is 0. The normalized spacial score (nSPS) is 11.9. The van der Waals surface area contributed by atoms with Crippen LogP contribution in [0.4, 0.5) is 10.1 Å². The molecule has 1 atom stereocenters. The van der Waals surface area contributed by atoms with Crippen molar-refractivity contribution in [3.8, 4) is 0 Å². The van der Waals surface area contributed by atoms with Crippen LogP contribution in [0.15, 0.2) is 24.3 Å². The van der Waals surface area contributed by atoms with E-state index in [0.717, 1.165) is 0 Å². The van der Waals surface area contributed by atoms with Gasteiger partial charge in [-0.2, -0.15) is 0 Å². The Kier molecular flexibility index (Phi) is 5.44. The average Bonchev–Trinajstić information content (AvgIpc) is 2.38. The summed E-state index contributed by atoms with van der Waals surface area (Å²) < 4.78 is 12.8. The maximum Gasteiger partial charge on any atom is 0.320 e. The van der Waals surface area contributed by atoms with E-state index < -0.39 is 12.0 Å². The van der Waals surface area contributed by atoms with Crippen LogP contribution in [0.2, 0.25) is 0 Å². The summed E-state index contributed by atoms with van der Waals surface area (Å²) in [5.41, 5.74) is 0.582. The first kappa shape index (κ1) is 15.1. The highest BCUT2D eigenvalue weighted by atomic mass is 19.1. The van der Waals surface area contributed by atoms with Crippen LogP contribution in [0, 0.1) is 5.82 Å². The lowest BCUT2D eigenvalue weighted by atomic mass is 10.2. The molecule has 0 aliphatic heterocycles. The van der Waals surface area contributed by atoms with Gasteiger partial charge in [0, 0.05) is 12.2 Å². The summed E-state index contributed by atoms with van der Waals surface area (Å²) in [7, 11) is 0. The number of carbonyl (C=O) groups excluding carboxylic acids is 1. The Morgan fingerprint density at radius 2 is 1.95 bits per heavy atom. The van der Waals surface area contributed by atoms with Crippen LogP contribution in [-0.2, 0) is 9.59 Å². The molecule has 1 aromatic rings. The Morgan fingerprint density at radius 1 is 1.37 bits per heavy atom. The highest BCUT2D eigenvalue weighted by Crippen LogP contribution is 2.14. The Bertz CT molecular complexity index is 448. The van der Waals surface area contributed by atoms with Crippen LogP contribution in [0.1, 0.15) is 13.8 Å². The van der Waals surface area contributed by atoms with Gasteiger partial charge in [-0.1, -0.05) is 0 Å². The van der Waals surface area contributed by atoms with Crippen molar-refractivity contribution in [1.29, 1.82) is 0 Å². The quantitative estimate of drug-likeness (QED) is 0.814. The van der Waals surface area contributed by atoms with Crippen molar-refractivity contribution in [3.05, 3.63) is 30.1 Å². The minimum atomic E-state index is -1.02. The lowest BCUT2D eigenvalue weighted by Crippen LogP contribution is -2.43. The zero-order valence-electron chi connectivity index (χ0n) is 10.9. The number of likely N-dealkylation sites (N-methyl/N-ethyl adjacent to an activating group) is 1. The van der Waals surface area contributed by atoms with Crippen LogP contribution in [0.3, 0.4) is 0 Å². The Labute approximate surface area is 111 Å². The van der Waals surface area contributed by atoms with Gasteiger partial charge in [0.2, 0.25) is 5.91 Å². The first-order chi connectivity index (χ1) is 8.95. The number of nitrogens with one attached hydrogen (secondary N) is 1. The van der Waals surface area contributed by atoms with E-state index in [1.54, 1.807) is 6.92 Å². The third-order valence-corrected chi connectivity index (χ3v) is 2.69. The Morgan fingerprint density at radius 3 is 2.42 bits per heavy atom. The van der Waals surface area contributed by atoms with E-state index in [1.165, 1.54) is 36.1 Å². The molecule has 0 fully saturated rings. The van der Waals surface area contributed by atoms with Crippen molar-refractivity contribution in [2.24, 2.45) is 0 Å². The molecule has 0 saturated carbocycles. The number of carboxylic acids is 1. The molecule has 0 bridgehead atoms. The van der Waals surface area contributed by atoms with Crippen LogP contribution < -0.4 is 10.2 Å². The fourth-order valence-electron chi connectivity index (χ4n) is 1.55. The molecule has 5 nitrogen and oxygen atoms in total. The van der Waals surface area contributed by atoms with Gasteiger partial charge in [-0.25, -0.2) is 4.39 Å². The SMILES string of the molecule is CCN(C(=O)CNC(C)C(=O)O)c1ccc(F)cc1. The minimum absolute atomic E-state index is 0.0846.